The Morgan fingerprint density at radius 3 is 2.40 bits per heavy atom. The van der Waals surface area contributed by atoms with Crippen LogP contribution in [0, 0.1) is 22.7 Å². The molecule has 0 aromatic carbocycles. The maximum absolute atomic E-state index is 14.2. The SMILES string of the molecule is CC(=O)OC1C(=O)C2(C)C(O)CC3OCC3C2CC(C)(O)CC/C(C)=C/1C(C)(C)C. The van der Waals surface area contributed by atoms with Crippen LogP contribution in [0.3, 0.4) is 0 Å². The third-order valence-electron chi connectivity index (χ3n) is 7.70. The zero-order valence-corrected chi connectivity index (χ0v) is 19.4. The van der Waals surface area contributed by atoms with E-state index in [2.05, 4.69) is 0 Å². The molecule has 1 aliphatic heterocycles. The van der Waals surface area contributed by atoms with Gasteiger partial charge in [-0.15, -0.1) is 0 Å². The molecule has 0 radical (unpaired) electrons. The van der Waals surface area contributed by atoms with E-state index in [1.165, 1.54) is 6.92 Å². The van der Waals surface area contributed by atoms with Gasteiger partial charge in [-0.25, -0.2) is 0 Å². The lowest BCUT2D eigenvalue weighted by atomic mass is 9.53. The van der Waals surface area contributed by atoms with Gasteiger partial charge in [0.1, 0.15) is 0 Å². The first kappa shape index (κ1) is 23.4. The van der Waals surface area contributed by atoms with E-state index in [9.17, 15) is 19.8 Å². The van der Waals surface area contributed by atoms with Crippen molar-refractivity contribution in [1.82, 2.24) is 0 Å². The van der Waals surface area contributed by atoms with Crippen LogP contribution in [0.15, 0.2) is 11.1 Å². The first-order valence-electron chi connectivity index (χ1n) is 11.1. The van der Waals surface area contributed by atoms with Crippen LogP contribution in [0.5, 0.6) is 0 Å². The van der Waals surface area contributed by atoms with Crippen LogP contribution >= 0.6 is 0 Å². The molecule has 1 heterocycles. The highest BCUT2D eigenvalue weighted by molar-refractivity contribution is 5.94. The lowest BCUT2D eigenvalue weighted by Gasteiger charge is -2.57. The number of allylic oxidation sites excluding steroid dienone is 1. The molecule has 3 rings (SSSR count). The number of ketones is 1. The highest BCUT2D eigenvalue weighted by atomic mass is 16.5. The van der Waals surface area contributed by atoms with Gasteiger partial charge in [0, 0.05) is 19.3 Å². The van der Waals surface area contributed by atoms with Crippen LogP contribution in [-0.2, 0) is 19.1 Å². The second-order valence-electron chi connectivity index (χ2n) is 11.2. The van der Waals surface area contributed by atoms with Crippen molar-refractivity contribution < 1.29 is 29.3 Å². The second-order valence-corrected chi connectivity index (χ2v) is 11.2. The zero-order valence-electron chi connectivity index (χ0n) is 19.4. The molecule has 1 saturated heterocycles. The normalized spacial score (nSPS) is 45.1. The number of aliphatic hydroxyl groups is 2. The number of aliphatic hydroxyl groups excluding tert-OH is 1. The molecule has 6 heteroatoms. The van der Waals surface area contributed by atoms with Gasteiger partial charge < -0.3 is 19.7 Å². The molecule has 2 aliphatic carbocycles. The van der Waals surface area contributed by atoms with Crippen molar-refractivity contribution in [1.29, 1.82) is 0 Å². The maximum Gasteiger partial charge on any atom is 0.303 e. The Hall–Kier alpha value is -1.24. The van der Waals surface area contributed by atoms with Crippen molar-refractivity contribution in [3.8, 4) is 0 Å². The number of rotatable bonds is 1. The zero-order chi connectivity index (χ0) is 22.6. The average molecular weight is 423 g/mol. The van der Waals surface area contributed by atoms with Gasteiger partial charge in [-0.3, -0.25) is 9.59 Å². The van der Waals surface area contributed by atoms with Crippen molar-refractivity contribution in [2.24, 2.45) is 22.7 Å². The standard InChI is InChI=1S/C24H38O6/c1-13-8-9-23(6,28)11-16-15-12-29-17(15)10-18(26)24(16,7)21(27)20(30-14(2)25)19(13)22(3,4)5/h15-18,20,26,28H,8-12H2,1-7H3/b19-13-. The molecular formula is C24H38O6. The number of hydrogen-bond donors (Lipinski definition) is 2. The van der Waals surface area contributed by atoms with E-state index in [-0.39, 0.29) is 23.7 Å². The molecule has 0 spiro atoms. The summed E-state index contributed by atoms with van der Waals surface area (Å²) in [6.07, 6.45) is -0.109. The van der Waals surface area contributed by atoms with E-state index in [4.69, 9.17) is 9.47 Å². The van der Waals surface area contributed by atoms with Gasteiger partial charge in [0.25, 0.3) is 0 Å². The molecule has 3 aliphatic rings. The van der Waals surface area contributed by atoms with Crippen LogP contribution in [0.1, 0.15) is 74.1 Å². The summed E-state index contributed by atoms with van der Waals surface area (Å²) in [4.78, 5) is 26.2. The Bertz CT molecular complexity index is 745. The lowest BCUT2D eigenvalue weighted by Crippen LogP contribution is -2.65. The van der Waals surface area contributed by atoms with Crippen LogP contribution in [0.2, 0.25) is 0 Å². The van der Waals surface area contributed by atoms with Crippen molar-refractivity contribution in [2.75, 3.05) is 6.61 Å². The summed E-state index contributed by atoms with van der Waals surface area (Å²) in [6.45, 7) is 13.4. The number of hydrogen-bond acceptors (Lipinski definition) is 6. The van der Waals surface area contributed by atoms with Crippen molar-refractivity contribution in [3.63, 3.8) is 0 Å². The molecule has 170 valence electrons. The fraction of sp³-hybridized carbons (Fsp3) is 0.833. The summed E-state index contributed by atoms with van der Waals surface area (Å²) in [5, 5.41) is 22.4. The Morgan fingerprint density at radius 2 is 1.90 bits per heavy atom. The second kappa shape index (κ2) is 7.72. The summed E-state index contributed by atoms with van der Waals surface area (Å²) in [6, 6.07) is 0. The van der Waals surface area contributed by atoms with E-state index in [0.717, 1.165) is 11.1 Å². The molecule has 0 amide bonds. The van der Waals surface area contributed by atoms with Crippen LogP contribution < -0.4 is 0 Å². The van der Waals surface area contributed by atoms with Gasteiger partial charge in [0.15, 0.2) is 11.9 Å². The van der Waals surface area contributed by atoms with E-state index >= 15 is 0 Å². The minimum Gasteiger partial charge on any atom is -0.450 e. The summed E-state index contributed by atoms with van der Waals surface area (Å²) in [7, 11) is 0. The molecule has 0 aromatic heterocycles. The summed E-state index contributed by atoms with van der Waals surface area (Å²) < 4.78 is 11.4. The monoisotopic (exact) mass is 422 g/mol. The molecule has 2 fully saturated rings. The van der Waals surface area contributed by atoms with Crippen molar-refractivity contribution in [3.05, 3.63) is 11.1 Å². The summed E-state index contributed by atoms with van der Waals surface area (Å²) in [5.41, 5.74) is -0.789. The molecule has 0 bridgehead atoms. The van der Waals surface area contributed by atoms with Gasteiger partial charge in [0.2, 0.25) is 0 Å². The van der Waals surface area contributed by atoms with Crippen molar-refractivity contribution in [2.45, 2.75) is 98.1 Å². The third kappa shape index (κ3) is 3.98. The van der Waals surface area contributed by atoms with Gasteiger partial charge in [0.05, 0.1) is 29.8 Å². The van der Waals surface area contributed by atoms with Crippen LogP contribution in [0.25, 0.3) is 0 Å². The number of carbonyl (C=O) groups excluding carboxylic acids is 2. The predicted molar refractivity (Wildman–Crippen MR) is 113 cm³/mol. The fourth-order valence-corrected chi connectivity index (χ4v) is 5.95. The molecule has 6 nitrogen and oxygen atoms in total. The highest BCUT2D eigenvalue weighted by Gasteiger charge is 2.62. The Morgan fingerprint density at radius 1 is 1.27 bits per heavy atom. The van der Waals surface area contributed by atoms with Gasteiger partial charge in [-0.2, -0.15) is 0 Å². The number of Topliss-reactive ketones (excluding diaryl/α,β-unsaturated/α-hetero) is 1. The van der Waals surface area contributed by atoms with Crippen LogP contribution in [0.4, 0.5) is 0 Å². The molecular weight excluding hydrogens is 384 g/mol. The first-order valence-corrected chi connectivity index (χ1v) is 11.1. The predicted octanol–water partition coefficient (Wildman–Crippen LogP) is 3.19. The van der Waals surface area contributed by atoms with Crippen molar-refractivity contribution >= 4 is 11.8 Å². The quantitative estimate of drug-likeness (QED) is 0.498. The minimum absolute atomic E-state index is 0.0869. The molecule has 30 heavy (non-hydrogen) atoms. The smallest absolute Gasteiger partial charge is 0.303 e. The van der Waals surface area contributed by atoms with Crippen LogP contribution in [-0.4, -0.2) is 52.5 Å². The lowest BCUT2D eigenvalue weighted by molar-refractivity contribution is -0.232. The van der Waals surface area contributed by atoms with E-state index in [0.29, 0.717) is 32.3 Å². The molecule has 7 unspecified atom stereocenters. The fourth-order valence-electron chi connectivity index (χ4n) is 5.95. The Balaban J connectivity index is 2.20. The van der Waals surface area contributed by atoms with E-state index in [1.54, 1.807) is 6.92 Å². The molecule has 2 N–H and O–H groups in total. The topological polar surface area (TPSA) is 93.1 Å². The van der Waals surface area contributed by atoms with E-state index in [1.807, 2.05) is 34.6 Å². The summed E-state index contributed by atoms with van der Waals surface area (Å²) >= 11 is 0. The number of ether oxygens (including phenoxy) is 2. The number of fused-ring (bicyclic) bond motifs is 3. The van der Waals surface area contributed by atoms with Gasteiger partial charge in [-0.05, 0) is 56.9 Å². The summed E-state index contributed by atoms with van der Waals surface area (Å²) in [5.74, 6) is -0.917. The first-order chi connectivity index (χ1) is 13.7. The molecule has 1 saturated carbocycles. The average Bonchev–Trinajstić information content (AvgIpc) is 2.57. The third-order valence-corrected chi connectivity index (χ3v) is 7.70. The molecule has 0 aromatic rings. The largest absolute Gasteiger partial charge is 0.450 e. The Labute approximate surface area is 180 Å². The van der Waals surface area contributed by atoms with Gasteiger partial charge >= 0.3 is 5.97 Å². The molecule has 7 atom stereocenters. The maximum atomic E-state index is 14.2. The highest BCUT2D eigenvalue weighted by Crippen LogP contribution is 2.55. The minimum atomic E-state index is -1.14. The van der Waals surface area contributed by atoms with E-state index < -0.39 is 34.6 Å². The van der Waals surface area contributed by atoms with Gasteiger partial charge in [-0.1, -0.05) is 26.3 Å². The Kier molecular flexibility index (Phi) is 6.02. The number of esters is 1. The number of carbonyl (C=O) groups is 2.